The minimum atomic E-state index is -3.79. The van der Waals surface area contributed by atoms with Gasteiger partial charge in [0.25, 0.3) is 0 Å². The minimum Gasteiger partial charge on any atom is -0.486 e. The SMILES string of the molecule is COC(=O)C1=CC(=O)C(F)(F)C(OCc2ccccc2)=C1. The molecule has 0 atom stereocenters. The van der Waals surface area contributed by atoms with Crippen LogP contribution in [0.5, 0.6) is 0 Å². The predicted octanol–water partition coefficient (Wildman–Crippen LogP) is 2.40. The van der Waals surface area contributed by atoms with E-state index in [4.69, 9.17) is 4.74 Å². The van der Waals surface area contributed by atoms with Crippen molar-refractivity contribution in [2.75, 3.05) is 7.11 Å². The first-order valence-electron chi connectivity index (χ1n) is 6.06. The fourth-order valence-corrected chi connectivity index (χ4v) is 1.73. The van der Waals surface area contributed by atoms with E-state index in [1.165, 1.54) is 0 Å². The minimum absolute atomic E-state index is 0.135. The van der Waals surface area contributed by atoms with Gasteiger partial charge in [-0.3, -0.25) is 4.79 Å². The van der Waals surface area contributed by atoms with Gasteiger partial charge in [0.15, 0.2) is 5.76 Å². The van der Waals surface area contributed by atoms with Crippen molar-refractivity contribution >= 4 is 11.8 Å². The van der Waals surface area contributed by atoms with Crippen molar-refractivity contribution in [2.24, 2.45) is 0 Å². The number of ether oxygens (including phenoxy) is 2. The highest BCUT2D eigenvalue weighted by Crippen LogP contribution is 2.32. The topological polar surface area (TPSA) is 52.6 Å². The molecule has 4 nitrogen and oxygen atoms in total. The number of ketones is 1. The fraction of sp³-hybridized carbons (Fsp3) is 0.200. The molecule has 0 aliphatic heterocycles. The zero-order chi connectivity index (χ0) is 15.5. The molecule has 1 aromatic carbocycles. The Hall–Kier alpha value is -2.50. The summed E-state index contributed by atoms with van der Waals surface area (Å²) in [6.45, 7) is -0.135. The molecular formula is C15H12F2O4. The van der Waals surface area contributed by atoms with Crippen LogP contribution in [0.4, 0.5) is 8.78 Å². The third-order valence-electron chi connectivity index (χ3n) is 2.85. The number of carbonyl (C=O) groups is 2. The van der Waals surface area contributed by atoms with Crippen LogP contribution in [-0.2, 0) is 25.7 Å². The molecule has 0 fully saturated rings. The normalized spacial score (nSPS) is 16.8. The molecule has 1 aliphatic carbocycles. The van der Waals surface area contributed by atoms with Gasteiger partial charge in [-0.25, -0.2) is 4.79 Å². The lowest BCUT2D eigenvalue weighted by Gasteiger charge is -2.21. The Morgan fingerprint density at radius 1 is 1.19 bits per heavy atom. The number of esters is 1. The molecule has 0 saturated heterocycles. The summed E-state index contributed by atoms with van der Waals surface area (Å²) < 4.78 is 37.0. The van der Waals surface area contributed by atoms with Crippen molar-refractivity contribution in [2.45, 2.75) is 12.5 Å². The number of hydrogen-bond acceptors (Lipinski definition) is 4. The zero-order valence-corrected chi connectivity index (χ0v) is 11.1. The predicted molar refractivity (Wildman–Crippen MR) is 69.4 cm³/mol. The van der Waals surface area contributed by atoms with Crippen LogP contribution in [0.25, 0.3) is 0 Å². The molecule has 0 unspecified atom stereocenters. The lowest BCUT2D eigenvalue weighted by Crippen LogP contribution is -2.34. The summed E-state index contributed by atoms with van der Waals surface area (Å²) in [6, 6.07) is 8.63. The number of halogens is 2. The van der Waals surface area contributed by atoms with E-state index in [2.05, 4.69) is 4.74 Å². The molecule has 0 bridgehead atoms. The van der Waals surface area contributed by atoms with Crippen LogP contribution in [-0.4, -0.2) is 24.8 Å². The van der Waals surface area contributed by atoms with Gasteiger partial charge in [0.05, 0.1) is 12.7 Å². The Kier molecular flexibility index (Phi) is 4.16. The molecule has 0 heterocycles. The van der Waals surface area contributed by atoms with Gasteiger partial charge in [-0.15, -0.1) is 0 Å². The molecular weight excluding hydrogens is 282 g/mol. The van der Waals surface area contributed by atoms with Gasteiger partial charge < -0.3 is 9.47 Å². The standard InChI is InChI=1S/C15H12F2O4/c1-20-14(19)11-7-12(18)15(16,17)13(8-11)21-9-10-5-3-2-4-6-10/h2-8H,9H2,1H3. The molecule has 0 spiro atoms. The Morgan fingerprint density at radius 2 is 1.86 bits per heavy atom. The highest BCUT2D eigenvalue weighted by molar-refractivity contribution is 6.07. The number of alkyl halides is 2. The largest absolute Gasteiger partial charge is 0.486 e. The third kappa shape index (κ3) is 3.16. The lowest BCUT2D eigenvalue weighted by atomic mass is 10.0. The van der Waals surface area contributed by atoms with Gasteiger partial charge >= 0.3 is 11.9 Å². The Morgan fingerprint density at radius 3 is 2.48 bits per heavy atom. The first-order chi connectivity index (χ1) is 9.95. The van der Waals surface area contributed by atoms with Crippen LogP contribution in [0, 0.1) is 0 Å². The zero-order valence-electron chi connectivity index (χ0n) is 11.1. The number of carbonyl (C=O) groups excluding carboxylic acids is 2. The number of methoxy groups -OCH3 is 1. The van der Waals surface area contributed by atoms with Crippen molar-refractivity contribution in [3.63, 3.8) is 0 Å². The second-order valence-corrected chi connectivity index (χ2v) is 4.31. The third-order valence-corrected chi connectivity index (χ3v) is 2.85. The second kappa shape index (κ2) is 5.87. The summed E-state index contributed by atoms with van der Waals surface area (Å²) in [5, 5.41) is 0. The quantitative estimate of drug-likeness (QED) is 0.800. The Bertz CT molecular complexity index is 618. The molecule has 2 rings (SSSR count). The summed E-state index contributed by atoms with van der Waals surface area (Å²) in [6.07, 6.45) is 1.39. The molecule has 110 valence electrons. The second-order valence-electron chi connectivity index (χ2n) is 4.31. The fourth-order valence-electron chi connectivity index (χ4n) is 1.73. The van der Waals surface area contributed by atoms with E-state index in [-0.39, 0.29) is 12.2 Å². The van der Waals surface area contributed by atoms with Crippen molar-refractivity contribution in [1.82, 2.24) is 0 Å². The summed E-state index contributed by atoms with van der Waals surface area (Å²) in [5.41, 5.74) is 0.396. The van der Waals surface area contributed by atoms with Crippen molar-refractivity contribution < 1.29 is 27.8 Å². The van der Waals surface area contributed by atoms with Crippen LogP contribution in [0.15, 0.2) is 53.8 Å². The van der Waals surface area contributed by atoms with Crippen LogP contribution >= 0.6 is 0 Å². The molecule has 0 aromatic heterocycles. The van der Waals surface area contributed by atoms with E-state index in [9.17, 15) is 18.4 Å². The molecule has 6 heteroatoms. The smallest absolute Gasteiger partial charge is 0.365 e. The van der Waals surface area contributed by atoms with Crippen LogP contribution in [0.2, 0.25) is 0 Å². The summed E-state index contributed by atoms with van der Waals surface area (Å²) in [5.74, 6) is -7.03. The highest BCUT2D eigenvalue weighted by atomic mass is 19.3. The number of benzene rings is 1. The van der Waals surface area contributed by atoms with Crippen LogP contribution < -0.4 is 0 Å². The van der Waals surface area contributed by atoms with E-state index >= 15 is 0 Å². The number of allylic oxidation sites excluding steroid dienone is 2. The monoisotopic (exact) mass is 294 g/mol. The maximum Gasteiger partial charge on any atom is 0.365 e. The van der Waals surface area contributed by atoms with Gasteiger partial charge in [-0.05, 0) is 11.6 Å². The van der Waals surface area contributed by atoms with Gasteiger partial charge in [-0.2, -0.15) is 8.78 Å². The van der Waals surface area contributed by atoms with E-state index in [0.29, 0.717) is 11.6 Å². The molecule has 21 heavy (non-hydrogen) atoms. The molecule has 0 saturated carbocycles. The van der Waals surface area contributed by atoms with E-state index in [0.717, 1.165) is 13.2 Å². The van der Waals surface area contributed by atoms with Crippen LogP contribution in [0.3, 0.4) is 0 Å². The van der Waals surface area contributed by atoms with Gasteiger partial charge in [0.1, 0.15) is 6.61 Å². The maximum atomic E-state index is 13.8. The lowest BCUT2D eigenvalue weighted by molar-refractivity contribution is -0.140. The van der Waals surface area contributed by atoms with Crippen molar-refractivity contribution in [3.05, 3.63) is 59.4 Å². The summed E-state index contributed by atoms with van der Waals surface area (Å²) in [4.78, 5) is 22.8. The summed E-state index contributed by atoms with van der Waals surface area (Å²) >= 11 is 0. The molecule has 1 aliphatic rings. The summed E-state index contributed by atoms with van der Waals surface area (Å²) in [7, 11) is 1.10. The first kappa shape index (κ1) is 14.9. The number of rotatable bonds is 4. The average molecular weight is 294 g/mol. The molecule has 1 aromatic rings. The maximum absolute atomic E-state index is 13.8. The highest BCUT2D eigenvalue weighted by Gasteiger charge is 2.46. The van der Waals surface area contributed by atoms with Crippen LogP contribution in [0.1, 0.15) is 5.56 Å². The Labute approximate surface area is 119 Å². The van der Waals surface area contributed by atoms with E-state index in [1.807, 2.05) is 0 Å². The molecule has 0 amide bonds. The Balaban J connectivity index is 2.21. The van der Waals surface area contributed by atoms with Gasteiger partial charge in [-0.1, -0.05) is 30.3 Å². The van der Waals surface area contributed by atoms with Crippen molar-refractivity contribution in [1.29, 1.82) is 0 Å². The van der Waals surface area contributed by atoms with E-state index < -0.39 is 23.4 Å². The van der Waals surface area contributed by atoms with Gasteiger partial charge in [0.2, 0.25) is 5.78 Å². The van der Waals surface area contributed by atoms with Crippen molar-refractivity contribution in [3.8, 4) is 0 Å². The number of hydrogen-bond donors (Lipinski definition) is 0. The van der Waals surface area contributed by atoms with E-state index in [1.54, 1.807) is 30.3 Å². The average Bonchev–Trinajstić information content (AvgIpc) is 2.49. The van der Waals surface area contributed by atoms with Gasteiger partial charge in [0, 0.05) is 6.08 Å². The first-order valence-corrected chi connectivity index (χ1v) is 6.06. The molecule has 0 N–H and O–H groups in total. The molecule has 0 radical (unpaired) electrons.